The SMILES string of the molecule is O=C1CN(C(=O)c2ccc(NC(=O)c3cnn(-c4cc(F)cc(F)c4)c3-n3cccc3)cc2)CCN1. The molecule has 1 aliphatic heterocycles. The maximum absolute atomic E-state index is 13.9. The van der Waals surface area contributed by atoms with E-state index in [0.717, 1.165) is 18.2 Å². The highest BCUT2D eigenvalue weighted by Crippen LogP contribution is 2.23. The molecule has 0 atom stereocenters. The molecule has 2 aromatic heterocycles. The molecule has 1 saturated heterocycles. The third kappa shape index (κ3) is 4.58. The summed E-state index contributed by atoms with van der Waals surface area (Å²) in [5.74, 6) is -2.25. The Hall–Kier alpha value is -4.80. The van der Waals surface area contributed by atoms with E-state index in [-0.39, 0.29) is 35.4 Å². The van der Waals surface area contributed by atoms with Gasteiger partial charge < -0.3 is 20.1 Å². The van der Waals surface area contributed by atoms with Gasteiger partial charge in [0.1, 0.15) is 17.2 Å². The normalized spacial score (nSPS) is 13.4. The summed E-state index contributed by atoms with van der Waals surface area (Å²) < 4.78 is 30.6. The standard InChI is InChI=1S/C25H20F2N6O3/c26-17-11-18(27)13-20(12-17)33-24(31-8-1-2-9-31)21(14-29-33)23(35)30-19-5-3-16(4-6-19)25(36)32-10-7-28-22(34)15-32/h1-6,8-9,11-14H,7,10,15H2,(H,28,34)(H,30,35). The molecule has 11 heteroatoms. The second-order valence-electron chi connectivity index (χ2n) is 8.12. The molecule has 1 fully saturated rings. The Balaban J connectivity index is 1.40. The van der Waals surface area contributed by atoms with Crippen LogP contribution in [0.5, 0.6) is 0 Å². The summed E-state index contributed by atoms with van der Waals surface area (Å²) in [7, 11) is 0. The number of amides is 3. The van der Waals surface area contributed by atoms with Crippen molar-refractivity contribution in [3.05, 3.63) is 95.9 Å². The average Bonchev–Trinajstić information content (AvgIpc) is 3.53. The zero-order chi connectivity index (χ0) is 25.2. The molecule has 4 aromatic rings. The first-order valence-electron chi connectivity index (χ1n) is 11.0. The first-order chi connectivity index (χ1) is 17.4. The van der Waals surface area contributed by atoms with E-state index in [1.54, 1.807) is 53.4 Å². The van der Waals surface area contributed by atoms with Crippen LogP contribution in [0.4, 0.5) is 14.5 Å². The van der Waals surface area contributed by atoms with Gasteiger partial charge in [-0.3, -0.25) is 14.4 Å². The van der Waals surface area contributed by atoms with Crippen LogP contribution in [0.25, 0.3) is 11.5 Å². The monoisotopic (exact) mass is 490 g/mol. The number of carbonyl (C=O) groups is 3. The van der Waals surface area contributed by atoms with Crippen molar-refractivity contribution in [3.8, 4) is 11.5 Å². The number of rotatable bonds is 5. The molecule has 0 saturated carbocycles. The molecule has 3 heterocycles. The van der Waals surface area contributed by atoms with Gasteiger partial charge in [-0.05, 0) is 48.5 Å². The lowest BCUT2D eigenvalue weighted by Crippen LogP contribution is -2.49. The van der Waals surface area contributed by atoms with E-state index >= 15 is 0 Å². The van der Waals surface area contributed by atoms with Crippen LogP contribution in [0, 0.1) is 11.6 Å². The number of hydrogen-bond acceptors (Lipinski definition) is 4. The third-order valence-corrected chi connectivity index (χ3v) is 5.64. The Kier molecular flexibility index (Phi) is 6.03. The summed E-state index contributed by atoms with van der Waals surface area (Å²) in [5, 5.41) is 9.63. The van der Waals surface area contributed by atoms with Crippen LogP contribution < -0.4 is 10.6 Å². The first-order valence-corrected chi connectivity index (χ1v) is 11.0. The summed E-state index contributed by atoms with van der Waals surface area (Å²) in [4.78, 5) is 38.8. The summed E-state index contributed by atoms with van der Waals surface area (Å²) in [6.07, 6.45) is 4.68. The molecule has 0 spiro atoms. The number of nitrogens with zero attached hydrogens (tertiary/aromatic N) is 4. The number of piperazine rings is 1. The Bertz CT molecular complexity index is 1430. The van der Waals surface area contributed by atoms with Crippen molar-refractivity contribution in [2.45, 2.75) is 0 Å². The van der Waals surface area contributed by atoms with Crippen molar-refractivity contribution in [3.63, 3.8) is 0 Å². The van der Waals surface area contributed by atoms with Crippen LogP contribution in [0.2, 0.25) is 0 Å². The van der Waals surface area contributed by atoms with Crippen LogP contribution in [0.3, 0.4) is 0 Å². The van der Waals surface area contributed by atoms with Gasteiger partial charge in [0, 0.05) is 42.8 Å². The molecule has 0 unspecified atom stereocenters. The van der Waals surface area contributed by atoms with Crippen LogP contribution in [0.1, 0.15) is 20.7 Å². The van der Waals surface area contributed by atoms with Crippen LogP contribution in [-0.4, -0.2) is 56.6 Å². The van der Waals surface area contributed by atoms with E-state index < -0.39 is 17.5 Å². The van der Waals surface area contributed by atoms with E-state index in [0.29, 0.717) is 24.3 Å². The highest BCUT2D eigenvalue weighted by atomic mass is 19.1. The molecular weight excluding hydrogens is 470 g/mol. The molecule has 0 bridgehead atoms. The third-order valence-electron chi connectivity index (χ3n) is 5.64. The number of anilines is 1. The number of nitrogens with one attached hydrogen (secondary N) is 2. The molecule has 1 aliphatic rings. The van der Waals surface area contributed by atoms with Gasteiger partial charge in [0.15, 0.2) is 5.82 Å². The van der Waals surface area contributed by atoms with Crippen molar-refractivity contribution >= 4 is 23.4 Å². The van der Waals surface area contributed by atoms with E-state index in [1.165, 1.54) is 15.8 Å². The minimum absolute atomic E-state index is 0.00130. The van der Waals surface area contributed by atoms with Gasteiger partial charge in [-0.1, -0.05) is 0 Å². The fraction of sp³-hybridized carbons (Fsp3) is 0.120. The Morgan fingerprint density at radius 1 is 1.00 bits per heavy atom. The minimum Gasteiger partial charge on any atom is -0.353 e. The second kappa shape index (κ2) is 9.45. The fourth-order valence-corrected chi connectivity index (χ4v) is 3.97. The predicted molar refractivity (Wildman–Crippen MR) is 126 cm³/mol. The van der Waals surface area contributed by atoms with Gasteiger partial charge in [-0.25, -0.2) is 13.5 Å². The van der Waals surface area contributed by atoms with E-state index in [4.69, 9.17) is 0 Å². The average molecular weight is 490 g/mol. The van der Waals surface area contributed by atoms with Crippen LogP contribution >= 0.6 is 0 Å². The number of benzene rings is 2. The Labute approximate surface area is 203 Å². The molecule has 182 valence electrons. The van der Waals surface area contributed by atoms with Crippen molar-refractivity contribution in [1.82, 2.24) is 24.6 Å². The molecule has 9 nitrogen and oxygen atoms in total. The Morgan fingerprint density at radius 3 is 2.36 bits per heavy atom. The quantitative estimate of drug-likeness (QED) is 0.449. The lowest BCUT2D eigenvalue weighted by atomic mass is 10.1. The van der Waals surface area contributed by atoms with Crippen molar-refractivity contribution in [1.29, 1.82) is 0 Å². The smallest absolute Gasteiger partial charge is 0.261 e. The maximum atomic E-state index is 13.9. The van der Waals surface area contributed by atoms with Crippen molar-refractivity contribution < 1.29 is 23.2 Å². The van der Waals surface area contributed by atoms with Gasteiger partial charge in [-0.15, -0.1) is 0 Å². The lowest BCUT2D eigenvalue weighted by Gasteiger charge is -2.26. The van der Waals surface area contributed by atoms with Crippen molar-refractivity contribution in [2.75, 3.05) is 25.0 Å². The molecule has 3 amide bonds. The molecule has 5 rings (SSSR count). The Morgan fingerprint density at radius 2 is 1.69 bits per heavy atom. The molecule has 0 radical (unpaired) electrons. The van der Waals surface area contributed by atoms with Gasteiger partial charge in [0.25, 0.3) is 11.8 Å². The molecule has 2 N–H and O–H groups in total. The lowest BCUT2D eigenvalue weighted by molar-refractivity contribution is -0.123. The topological polar surface area (TPSA) is 101 Å². The highest BCUT2D eigenvalue weighted by Gasteiger charge is 2.23. The van der Waals surface area contributed by atoms with E-state index in [1.807, 2.05) is 0 Å². The second-order valence-corrected chi connectivity index (χ2v) is 8.12. The summed E-state index contributed by atoms with van der Waals surface area (Å²) in [5.41, 5.74) is 1.09. The maximum Gasteiger partial charge on any atom is 0.261 e. The van der Waals surface area contributed by atoms with Crippen LogP contribution in [0.15, 0.2) is 73.2 Å². The molecule has 0 aliphatic carbocycles. The highest BCUT2D eigenvalue weighted by molar-refractivity contribution is 6.06. The molecular formula is C25H20F2N6O3. The van der Waals surface area contributed by atoms with E-state index in [9.17, 15) is 23.2 Å². The minimum atomic E-state index is -0.773. The summed E-state index contributed by atoms with van der Waals surface area (Å²) >= 11 is 0. The first kappa shape index (κ1) is 23.0. The van der Waals surface area contributed by atoms with Gasteiger partial charge in [0.05, 0.1) is 18.4 Å². The number of aromatic nitrogens is 3. The fourth-order valence-electron chi connectivity index (χ4n) is 3.97. The van der Waals surface area contributed by atoms with Gasteiger partial charge in [0.2, 0.25) is 5.91 Å². The largest absolute Gasteiger partial charge is 0.353 e. The summed E-state index contributed by atoms with van der Waals surface area (Å²) in [6, 6.07) is 12.8. The zero-order valence-electron chi connectivity index (χ0n) is 18.8. The number of halogens is 2. The van der Waals surface area contributed by atoms with Crippen LogP contribution in [-0.2, 0) is 4.79 Å². The number of carbonyl (C=O) groups excluding carboxylic acids is 3. The van der Waals surface area contributed by atoms with E-state index in [2.05, 4.69) is 15.7 Å². The van der Waals surface area contributed by atoms with Gasteiger partial charge >= 0.3 is 0 Å². The zero-order valence-corrected chi connectivity index (χ0v) is 18.8. The number of hydrogen-bond donors (Lipinski definition) is 2. The molecule has 36 heavy (non-hydrogen) atoms. The summed E-state index contributed by atoms with van der Waals surface area (Å²) in [6.45, 7) is 0.821. The molecule has 2 aromatic carbocycles. The van der Waals surface area contributed by atoms with Crippen molar-refractivity contribution in [2.24, 2.45) is 0 Å². The van der Waals surface area contributed by atoms with Gasteiger partial charge in [-0.2, -0.15) is 5.10 Å². The predicted octanol–water partition coefficient (Wildman–Crippen LogP) is 2.77.